The summed E-state index contributed by atoms with van der Waals surface area (Å²) in [5.74, 6) is 0. The third-order valence-corrected chi connectivity index (χ3v) is 1.63. The number of alkyl halides is 2. The van der Waals surface area contributed by atoms with Crippen LogP contribution in [-0.2, 0) is 7.05 Å². The number of aromatic amines is 1. The molecule has 6 heteroatoms. The first kappa shape index (κ1) is 8.26. The SMILES string of the molecule is Cn1[nH]c(=O)c(Cl)c1C(F)F. The number of nitrogens with zero attached hydrogens (tertiary/aromatic N) is 1. The number of aryl methyl sites for hydroxylation is 1. The van der Waals surface area contributed by atoms with E-state index in [9.17, 15) is 13.6 Å². The van der Waals surface area contributed by atoms with Gasteiger partial charge in [-0.1, -0.05) is 11.6 Å². The van der Waals surface area contributed by atoms with Crippen LogP contribution in [0.5, 0.6) is 0 Å². The van der Waals surface area contributed by atoms with Gasteiger partial charge in [0, 0.05) is 7.05 Å². The van der Waals surface area contributed by atoms with E-state index in [4.69, 9.17) is 11.6 Å². The van der Waals surface area contributed by atoms with Gasteiger partial charge in [0.05, 0.1) is 0 Å². The summed E-state index contributed by atoms with van der Waals surface area (Å²) in [6.45, 7) is 0. The second kappa shape index (κ2) is 2.65. The summed E-state index contributed by atoms with van der Waals surface area (Å²) in [6, 6.07) is 0. The minimum Gasteiger partial charge on any atom is -0.285 e. The van der Waals surface area contributed by atoms with E-state index < -0.39 is 22.7 Å². The molecule has 1 aromatic rings. The van der Waals surface area contributed by atoms with Gasteiger partial charge in [0.15, 0.2) is 0 Å². The smallest absolute Gasteiger partial charge is 0.283 e. The van der Waals surface area contributed by atoms with Gasteiger partial charge in [0.2, 0.25) is 0 Å². The predicted molar refractivity (Wildman–Crippen MR) is 36.0 cm³/mol. The first-order valence-corrected chi connectivity index (χ1v) is 3.14. The molecule has 0 saturated carbocycles. The van der Waals surface area contributed by atoms with Crippen LogP contribution in [0, 0.1) is 0 Å². The average molecular weight is 183 g/mol. The van der Waals surface area contributed by atoms with Crippen molar-refractivity contribution in [1.29, 1.82) is 0 Å². The first-order chi connectivity index (χ1) is 5.04. The highest BCUT2D eigenvalue weighted by molar-refractivity contribution is 6.31. The molecule has 0 fully saturated rings. The Morgan fingerprint density at radius 3 is 2.36 bits per heavy atom. The van der Waals surface area contributed by atoms with Crippen LogP contribution < -0.4 is 5.56 Å². The van der Waals surface area contributed by atoms with Crippen molar-refractivity contribution in [2.24, 2.45) is 7.05 Å². The van der Waals surface area contributed by atoms with E-state index in [0.29, 0.717) is 0 Å². The van der Waals surface area contributed by atoms with Gasteiger partial charge >= 0.3 is 0 Å². The average Bonchev–Trinajstić information content (AvgIpc) is 2.07. The molecule has 1 heterocycles. The van der Waals surface area contributed by atoms with Crippen molar-refractivity contribution in [1.82, 2.24) is 9.78 Å². The zero-order valence-electron chi connectivity index (χ0n) is 5.57. The standard InChI is InChI=1S/C5H5ClF2N2O/c1-10-3(4(7)8)2(6)5(11)9-10/h4H,1H3,(H,9,11). The number of rotatable bonds is 1. The molecule has 0 aliphatic rings. The van der Waals surface area contributed by atoms with Gasteiger partial charge < -0.3 is 0 Å². The van der Waals surface area contributed by atoms with Crippen LogP contribution in [0.1, 0.15) is 12.1 Å². The summed E-state index contributed by atoms with van der Waals surface area (Å²) in [7, 11) is 1.30. The lowest BCUT2D eigenvalue weighted by atomic mass is 10.4. The minimum absolute atomic E-state index is 0.442. The highest BCUT2D eigenvalue weighted by atomic mass is 35.5. The molecule has 1 N–H and O–H groups in total. The van der Waals surface area contributed by atoms with Crippen molar-refractivity contribution < 1.29 is 8.78 Å². The molecule has 0 aliphatic carbocycles. The Bertz CT molecular complexity index is 317. The summed E-state index contributed by atoms with van der Waals surface area (Å²) in [5, 5.41) is 1.66. The van der Waals surface area contributed by atoms with Gasteiger partial charge in [-0.3, -0.25) is 14.6 Å². The Balaban J connectivity index is 3.34. The van der Waals surface area contributed by atoms with Gasteiger partial charge in [0.25, 0.3) is 12.0 Å². The maximum absolute atomic E-state index is 12.0. The molecule has 0 saturated heterocycles. The third kappa shape index (κ3) is 1.28. The van der Waals surface area contributed by atoms with E-state index in [2.05, 4.69) is 5.10 Å². The number of nitrogens with one attached hydrogen (secondary N) is 1. The summed E-state index contributed by atoms with van der Waals surface area (Å²) in [6.07, 6.45) is -2.73. The zero-order valence-corrected chi connectivity index (χ0v) is 6.32. The monoisotopic (exact) mass is 182 g/mol. The Morgan fingerprint density at radius 1 is 1.64 bits per heavy atom. The second-order valence-electron chi connectivity index (χ2n) is 2.00. The minimum atomic E-state index is -2.73. The van der Waals surface area contributed by atoms with E-state index in [1.54, 1.807) is 0 Å². The van der Waals surface area contributed by atoms with Crippen molar-refractivity contribution in [3.63, 3.8) is 0 Å². The summed E-state index contributed by atoms with van der Waals surface area (Å²) in [4.78, 5) is 10.6. The van der Waals surface area contributed by atoms with Crippen LogP contribution >= 0.6 is 11.6 Å². The molecule has 3 nitrogen and oxygen atoms in total. The fraction of sp³-hybridized carbons (Fsp3) is 0.400. The quantitative estimate of drug-likeness (QED) is 0.699. The summed E-state index contributed by atoms with van der Waals surface area (Å²) >= 11 is 5.26. The normalized spacial score (nSPS) is 11.0. The fourth-order valence-electron chi connectivity index (χ4n) is 0.767. The maximum atomic E-state index is 12.0. The molecule has 11 heavy (non-hydrogen) atoms. The Kier molecular flexibility index (Phi) is 1.99. The largest absolute Gasteiger partial charge is 0.285 e. The Labute approximate surface area is 65.6 Å². The van der Waals surface area contributed by atoms with Gasteiger partial charge in [-0.05, 0) is 0 Å². The second-order valence-corrected chi connectivity index (χ2v) is 2.38. The van der Waals surface area contributed by atoms with Gasteiger partial charge in [0.1, 0.15) is 10.7 Å². The Morgan fingerprint density at radius 2 is 2.18 bits per heavy atom. The fourth-order valence-corrected chi connectivity index (χ4v) is 1.02. The molecule has 0 unspecified atom stereocenters. The van der Waals surface area contributed by atoms with Gasteiger partial charge in [-0.15, -0.1) is 0 Å². The van der Waals surface area contributed by atoms with Crippen molar-refractivity contribution >= 4 is 11.6 Å². The lowest BCUT2D eigenvalue weighted by Crippen LogP contribution is -2.02. The molecule has 0 aromatic carbocycles. The lowest BCUT2D eigenvalue weighted by Gasteiger charge is -1.98. The van der Waals surface area contributed by atoms with E-state index in [1.807, 2.05) is 0 Å². The zero-order chi connectivity index (χ0) is 8.59. The number of aromatic nitrogens is 2. The third-order valence-electron chi connectivity index (χ3n) is 1.26. The predicted octanol–water partition coefficient (Wildman–Crippen LogP) is 1.30. The van der Waals surface area contributed by atoms with Crippen LogP contribution in [0.4, 0.5) is 8.78 Å². The topological polar surface area (TPSA) is 37.8 Å². The molecule has 0 radical (unpaired) electrons. The first-order valence-electron chi connectivity index (χ1n) is 2.76. The molecule has 1 rings (SSSR count). The molecule has 0 amide bonds. The van der Waals surface area contributed by atoms with Crippen LogP contribution in [0.15, 0.2) is 4.79 Å². The van der Waals surface area contributed by atoms with Crippen molar-refractivity contribution in [2.45, 2.75) is 6.43 Å². The highest BCUT2D eigenvalue weighted by Crippen LogP contribution is 2.22. The summed E-state index contributed by atoms with van der Waals surface area (Å²) in [5.41, 5.74) is -1.17. The van der Waals surface area contributed by atoms with Crippen LogP contribution in [0.2, 0.25) is 5.02 Å². The Hall–Kier alpha value is -0.840. The van der Waals surface area contributed by atoms with Gasteiger partial charge in [-0.2, -0.15) is 0 Å². The molecular formula is C5H5ClF2N2O. The number of halogens is 3. The van der Waals surface area contributed by atoms with E-state index in [1.165, 1.54) is 7.05 Å². The highest BCUT2D eigenvalue weighted by Gasteiger charge is 2.19. The van der Waals surface area contributed by atoms with E-state index in [0.717, 1.165) is 4.68 Å². The molecule has 0 atom stereocenters. The molecule has 62 valence electrons. The van der Waals surface area contributed by atoms with Crippen molar-refractivity contribution in [3.05, 3.63) is 21.1 Å². The summed E-state index contributed by atoms with van der Waals surface area (Å²) < 4.78 is 25.0. The van der Waals surface area contributed by atoms with Crippen molar-refractivity contribution in [2.75, 3.05) is 0 Å². The van der Waals surface area contributed by atoms with E-state index >= 15 is 0 Å². The number of H-pyrrole nitrogens is 1. The molecule has 0 bridgehead atoms. The van der Waals surface area contributed by atoms with Crippen LogP contribution in [-0.4, -0.2) is 9.78 Å². The van der Waals surface area contributed by atoms with Crippen molar-refractivity contribution in [3.8, 4) is 0 Å². The number of hydrogen-bond donors (Lipinski definition) is 1. The van der Waals surface area contributed by atoms with Gasteiger partial charge in [-0.25, -0.2) is 8.78 Å². The maximum Gasteiger partial charge on any atom is 0.283 e. The number of hydrogen-bond acceptors (Lipinski definition) is 1. The van der Waals surface area contributed by atoms with E-state index in [-0.39, 0.29) is 0 Å². The lowest BCUT2D eigenvalue weighted by molar-refractivity contribution is 0.141. The van der Waals surface area contributed by atoms with Crippen LogP contribution in [0.3, 0.4) is 0 Å². The molecule has 1 aromatic heterocycles. The molecular weight excluding hydrogens is 178 g/mol. The molecule has 0 spiro atoms. The molecule has 0 aliphatic heterocycles. The van der Waals surface area contributed by atoms with Crippen LogP contribution in [0.25, 0.3) is 0 Å².